The van der Waals surface area contributed by atoms with Gasteiger partial charge in [0.15, 0.2) is 5.82 Å². The first-order valence-electron chi connectivity index (χ1n) is 7.40. The summed E-state index contributed by atoms with van der Waals surface area (Å²) in [4.78, 5) is 21.7. The summed E-state index contributed by atoms with van der Waals surface area (Å²) in [7, 11) is 0. The fourth-order valence-electron chi connectivity index (χ4n) is 2.56. The number of aromatic nitrogens is 5. The second kappa shape index (κ2) is 5.76. The molecule has 1 aliphatic rings. The van der Waals surface area contributed by atoms with Gasteiger partial charge in [0.2, 0.25) is 0 Å². The van der Waals surface area contributed by atoms with Gasteiger partial charge in [0, 0.05) is 11.3 Å². The molecular weight excluding hydrogens is 312 g/mol. The third-order valence-electron chi connectivity index (χ3n) is 3.68. The molecule has 3 heterocycles. The van der Waals surface area contributed by atoms with E-state index >= 15 is 0 Å². The highest BCUT2D eigenvalue weighted by Gasteiger charge is 2.32. The first-order valence-corrected chi connectivity index (χ1v) is 7.40. The molecule has 2 aromatic heterocycles. The minimum Gasteiger partial charge on any atom is -0.442 e. The summed E-state index contributed by atoms with van der Waals surface area (Å²) < 4.78 is 12.1. The third-order valence-corrected chi connectivity index (χ3v) is 3.68. The summed E-state index contributed by atoms with van der Waals surface area (Å²) in [5.74, 6) is 1.03. The van der Waals surface area contributed by atoms with Gasteiger partial charge >= 0.3 is 6.09 Å². The molecule has 0 radical (unpaired) electrons. The number of carbonyl (C=O) groups excluding carboxylic acids is 1. The van der Waals surface area contributed by atoms with Crippen LogP contribution in [0, 0.1) is 6.92 Å². The lowest BCUT2D eigenvalue weighted by Crippen LogP contribution is -2.25. The fourth-order valence-corrected chi connectivity index (χ4v) is 2.56. The smallest absolute Gasteiger partial charge is 0.414 e. The van der Waals surface area contributed by atoms with Crippen molar-refractivity contribution in [1.82, 2.24) is 24.9 Å². The number of hydrogen-bond acceptors (Lipinski definition) is 7. The highest BCUT2D eigenvalue weighted by Crippen LogP contribution is 2.25. The zero-order valence-corrected chi connectivity index (χ0v) is 12.9. The van der Waals surface area contributed by atoms with Gasteiger partial charge in [-0.05, 0) is 31.2 Å². The van der Waals surface area contributed by atoms with Crippen molar-refractivity contribution in [3.8, 4) is 11.5 Å². The number of rotatable bonds is 4. The van der Waals surface area contributed by atoms with Gasteiger partial charge in [-0.1, -0.05) is 5.16 Å². The van der Waals surface area contributed by atoms with Crippen LogP contribution in [0.3, 0.4) is 0 Å². The second-order valence-corrected chi connectivity index (χ2v) is 5.43. The molecule has 1 fully saturated rings. The van der Waals surface area contributed by atoms with Crippen LogP contribution in [0.25, 0.3) is 11.5 Å². The Morgan fingerprint density at radius 3 is 2.79 bits per heavy atom. The Labute approximate surface area is 136 Å². The largest absolute Gasteiger partial charge is 0.442 e. The number of ether oxygens (including phenoxy) is 1. The Hall–Kier alpha value is -3.23. The molecule has 122 valence electrons. The van der Waals surface area contributed by atoms with Crippen LogP contribution in [0.2, 0.25) is 0 Å². The maximum absolute atomic E-state index is 12.1. The summed E-state index contributed by atoms with van der Waals surface area (Å²) in [5.41, 5.74) is 1.55. The van der Waals surface area contributed by atoms with Crippen molar-refractivity contribution >= 4 is 11.8 Å². The monoisotopic (exact) mass is 326 g/mol. The topological polar surface area (TPSA) is 99.2 Å². The molecule has 4 rings (SSSR count). The van der Waals surface area contributed by atoms with Crippen molar-refractivity contribution in [1.29, 1.82) is 0 Å². The van der Waals surface area contributed by atoms with Crippen molar-refractivity contribution in [2.24, 2.45) is 0 Å². The van der Waals surface area contributed by atoms with Crippen LogP contribution in [0.15, 0.2) is 41.4 Å². The molecule has 9 heteroatoms. The van der Waals surface area contributed by atoms with Gasteiger partial charge in [0.05, 0.1) is 13.1 Å². The average molecular weight is 326 g/mol. The zero-order valence-electron chi connectivity index (χ0n) is 12.9. The Kier molecular flexibility index (Phi) is 3.45. The maximum atomic E-state index is 12.1. The van der Waals surface area contributed by atoms with Crippen LogP contribution in [0.1, 0.15) is 5.82 Å². The second-order valence-electron chi connectivity index (χ2n) is 5.43. The van der Waals surface area contributed by atoms with Gasteiger partial charge in [-0.2, -0.15) is 10.1 Å². The molecule has 0 saturated carbocycles. The molecule has 1 unspecified atom stereocenters. The summed E-state index contributed by atoms with van der Waals surface area (Å²) in [6, 6.07) is 7.32. The van der Waals surface area contributed by atoms with E-state index in [0.717, 1.165) is 11.3 Å². The first-order chi connectivity index (χ1) is 11.7. The predicted octanol–water partition coefficient (Wildman–Crippen LogP) is 1.66. The molecule has 0 spiro atoms. The van der Waals surface area contributed by atoms with Gasteiger partial charge in [0.25, 0.3) is 5.89 Å². The normalized spacial score (nSPS) is 17.3. The van der Waals surface area contributed by atoms with E-state index in [9.17, 15) is 4.79 Å². The number of nitrogens with zero attached hydrogens (tertiary/aromatic N) is 6. The van der Waals surface area contributed by atoms with E-state index in [1.165, 1.54) is 6.33 Å². The highest BCUT2D eigenvalue weighted by atomic mass is 16.6. The maximum Gasteiger partial charge on any atom is 0.414 e. The van der Waals surface area contributed by atoms with E-state index in [-0.39, 0.29) is 12.2 Å². The molecule has 24 heavy (non-hydrogen) atoms. The van der Waals surface area contributed by atoms with E-state index in [1.54, 1.807) is 22.8 Å². The average Bonchev–Trinajstić information content (AvgIpc) is 3.30. The van der Waals surface area contributed by atoms with Crippen LogP contribution < -0.4 is 4.90 Å². The summed E-state index contributed by atoms with van der Waals surface area (Å²) in [6.07, 6.45) is 2.41. The molecule has 1 amide bonds. The number of cyclic esters (lactones) is 1. The Morgan fingerprint density at radius 1 is 1.29 bits per heavy atom. The van der Waals surface area contributed by atoms with Gasteiger partial charge < -0.3 is 9.26 Å². The van der Waals surface area contributed by atoms with Gasteiger partial charge in [-0.3, -0.25) is 4.90 Å². The molecule has 1 atom stereocenters. The number of aryl methyl sites for hydroxylation is 1. The lowest BCUT2D eigenvalue weighted by atomic mass is 10.2. The Bertz CT molecular complexity index is 842. The highest BCUT2D eigenvalue weighted by molar-refractivity contribution is 5.90. The van der Waals surface area contributed by atoms with Crippen LogP contribution in [-0.2, 0) is 11.3 Å². The Morgan fingerprint density at radius 2 is 2.12 bits per heavy atom. The van der Waals surface area contributed by atoms with Crippen molar-refractivity contribution < 1.29 is 14.1 Å². The SMILES string of the molecule is Cc1noc(-c2ccc(N3CC(Cn4cncn4)OC3=O)cc2)n1. The molecule has 0 N–H and O–H groups in total. The van der Waals surface area contributed by atoms with Crippen LogP contribution >= 0.6 is 0 Å². The molecular formula is C15H14N6O3. The van der Waals surface area contributed by atoms with Gasteiger partial charge in [-0.25, -0.2) is 14.5 Å². The minimum atomic E-state index is -0.374. The fraction of sp³-hybridized carbons (Fsp3) is 0.267. The number of carbonyl (C=O) groups is 1. The van der Waals surface area contributed by atoms with E-state index in [4.69, 9.17) is 9.26 Å². The molecule has 1 saturated heterocycles. The lowest BCUT2D eigenvalue weighted by Gasteiger charge is -2.13. The van der Waals surface area contributed by atoms with Gasteiger partial charge in [-0.15, -0.1) is 0 Å². The molecule has 3 aromatic rings. The summed E-state index contributed by atoms with van der Waals surface area (Å²) in [6.45, 7) is 2.69. The molecule has 1 aromatic carbocycles. The quantitative estimate of drug-likeness (QED) is 0.719. The van der Waals surface area contributed by atoms with E-state index in [1.807, 2.05) is 24.3 Å². The summed E-state index contributed by atoms with van der Waals surface area (Å²) >= 11 is 0. The number of anilines is 1. The number of benzene rings is 1. The molecule has 0 bridgehead atoms. The molecule has 0 aliphatic carbocycles. The van der Waals surface area contributed by atoms with Crippen molar-refractivity contribution in [2.45, 2.75) is 19.6 Å². The Balaban J connectivity index is 1.48. The standard InChI is InChI=1S/C15H14N6O3/c1-10-18-14(24-19-10)11-2-4-12(5-3-11)21-7-13(23-15(21)22)6-20-9-16-8-17-20/h2-5,8-9,13H,6-7H2,1H3. The van der Waals surface area contributed by atoms with E-state index in [2.05, 4.69) is 20.2 Å². The van der Waals surface area contributed by atoms with Gasteiger partial charge in [0.1, 0.15) is 18.8 Å². The predicted molar refractivity (Wildman–Crippen MR) is 82.1 cm³/mol. The number of amides is 1. The summed E-state index contributed by atoms with van der Waals surface area (Å²) in [5, 5.41) is 7.79. The first kappa shape index (κ1) is 14.4. The van der Waals surface area contributed by atoms with Crippen molar-refractivity contribution in [3.05, 3.63) is 42.7 Å². The van der Waals surface area contributed by atoms with Crippen molar-refractivity contribution in [2.75, 3.05) is 11.4 Å². The molecule has 9 nitrogen and oxygen atoms in total. The van der Waals surface area contributed by atoms with Crippen molar-refractivity contribution in [3.63, 3.8) is 0 Å². The van der Waals surface area contributed by atoms with E-state index in [0.29, 0.717) is 24.8 Å². The third kappa shape index (κ3) is 2.71. The van der Waals surface area contributed by atoms with E-state index < -0.39 is 0 Å². The lowest BCUT2D eigenvalue weighted by molar-refractivity contribution is 0.129. The zero-order chi connectivity index (χ0) is 16.5. The van der Waals surface area contributed by atoms with Crippen LogP contribution in [-0.4, -0.2) is 43.6 Å². The number of hydrogen-bond donors (Lipinski definition) is 0. The minimum absolute atomic E-state index is 0.266. The van der Waals surface area contributed by atoms with Crippen LogP contribution in [0.4, 0.5) is 10.5 Å². The molecule has 1 aliphatic heterocycles. The van der Waals surface area contributed by atoms with Crippen LogP contribution in [0.5, 0.6) is 0 Å².